The van der Waals surface area contributed by atoms with E-state index >= 15 is 0 Å². The van der Waals surface area contributed by atoms with Crippen LogP contribution in [0.3, 0.4) is 0 Å². The van der Waals surface area contributed by atoms with Crippen LogP contribution in [-0.2, 0) is 0 Å². The summed E-state index contributed by atoms with van der Waals surface area (Å²) < 4.78 is 0. The molecule has 0 fully saturated rings. The van der Waals surface area contributed by atoms with Gasteiger partial charge in [-0.05, 0) is 58.1 Å². The average Bonchev–Trinajstić information content (AvgIpc) is 2.98. The lowest BCUT2D eigenvalue weighted by Crippen LogP contribution is -2.33. The monoisotopic (exact) mass is 464 g/mol. The molecular weight excluding hydrogens is 440 g/mol. The highest BCUT2D eigenvalue weighted by molar-refractivity contribution is 6.13. The summed E-state index contributed by atoms with van der Waals surface area (Å²) in [5.41, 5.74) is 7.63. The number of hydrogen-bond acceptors (Lipinski definition) is 4. The SMILES string of the molecule is c1ccc(C2=NC(c3cc(-c4ccccc4)cc(-c4ccncc4)c3)NC(c3ccccc3)=N2)cc1. The first kappa shape index (κ1) is 21.7. The molecule has 172 valence electrons. The third-order valence-corrected chi connectivity index (χ3v) is 6.21. The van der Waals surface area contributed by atoms with Crippen molar-refractivity contribution in [3.05, 3.63) is 150 Å². The van der Waals surface area contributed by atoms with Crippen LogP contribution in [0.2, 0.25) is 0 Å². The molecule has 0 amide bonds. The molecular formula is C32H24N4. The molecule has 4 heteroatoms. The van der Waals surface area contributed by atoms with E-state index in [2.05, 4.69) is 77.0 Å². The number of nitrogens with one attached hydrogen (secondary N) is 1. The molecule has 4 aromatic carbocycles. The van der Waals surface area contributed by atoms with Gasteiger partial charge in [0.15, 0.2) is 5.84 Å². The Labute approximate surface area is 210 Å². The van der Waals surface area contributed by atoms with Crippen LogP contribution in [-0.4, -0.2) is 16.7 Å². The Hall–Kier alpha value is -4.83. The fraction of sp³-hybridized carbons (Fsp3) is 0.0312. The summed E-state index contributed by atoms with van der Waals surface area (Å²) in [7, 11) is 0. The Bertz CT molecular complexity index is 1470. The van der Waals surface area contributed by atoms with Crippen molar-refractivity contribution in [2.45, 2.75) is 6.17 Å². The third-order valence-electron chi connectivity index (χ3n) is 6.21. The molecule has 1 N–H and O–H groups in total. The van der Waals surface area contributed by atoms with Gasteiger partial charge >= 0.3 is 0 Å². The van der Waals surface area contributed by atoms with Crippen molar-refractivity contribution >= 4 is 11.7 Å². The fourth-order valence-corrected chi connectivity index (χ4v) is 4.40. The number of aliphatic imine (C=N–C) groups is 2. The van der Waals surface area contributed by atoms with E-state index in [0.29, 0.717) is 5.84 Å². The number of nitrogens with zero attached hydrogens (tertiary/aromatic N) is 3. The molecule has 1 unspecified atom stereocenters. The van der Waals surface area contributed by atoms with Gasteiger partial charge in [-0.15, -0.1) is 0 Å². The van der Waals surface area contributed by atoms with E-state index in [1.165, 1.54) is 0 Å². The molecule has 2 heterocycles. The molecule has 0 saturated carbocycles. The summed E-state index contributed by atoms with van der Waals surface area (Å²) in [5, 5.41) is 3.59. The van der Waals surface area contributed by atoms with Crippen molar-refractivity contribution in [2.24, 2.45) is 9.98 Å². The smallest absolute Gasteiger partial charge is 0.159 e. The second kappa shape index (κ2) is 9.80. The van der Waals surface area contributed by atoms with Crippen LogP contribution in [0.1, 0.15) is 22.9 Å². The van der Waals surface area contributed by atoms with Gasteiger partial charge in [-0.25, -0.2) is 9.98 Å². The largest absolute Gasteiger partial charge is 0.344 e. The van der Waals surface area contributed by atoms with E-state index in [1.807, 2.05) is 67.0 Å². The molecule has 1 aliphatic rings. The van der Waals surface area contributed by atoms with Crippen LogP contribution in [0.25, 0.3) is 22.3 Å². The highest BCUT2D eigenvalue weighted by Crippen LogP contribution is 2.32. The number of rotatable bonds is 5. The molecule has 1 atom stereocenters. The predicted octanol–water partition coefficient (Wildman–Crippen LogP) is 6.91. The maximum absolute atomic E-state index is 5.07. The normalized spacial score (nSPS) is 14.9. The zero-order chi connectivity index (χ0) is 24.2. The topological polar surface area (TPSA) is 49.6 Å². The molecule has 36 heavy (non-hydrogen) atoms. The summed E-state index contributed by atoms with van der Waals surface area (Å²) in [5.74, 6) is 1.53. The van der Waals surface area contributed by atoms with Crippen LogP contribution < -0.4 is 5.32 Å². The van der Waals surface area contributed by atoms with Crippen LogP contribution >= 0.6 is 0 Å². The van der Waals surface area contributed by atoms with Crippen molar-refractivity contribution in [3.8, 4) is 22.3 Å². The fourth-order valence-electron chi connectivity index (χ4n) is 4.40. The Balaban J connectivity index is 1.50. The Morgan fingerprint density at radius 3 is 1.64 bits per heavy atom. The standard InChI is InChI=1S/C32H24N4/c1-4-10-23(11-5-1)27-20-28(24-16-18-33-19-17-24)22-29(21-27)32-35-30(25-12-6-2-7-13-25)34-31(36-32)26-14-8-3-9-15-26/h1-22,32H,(H,34,35,36). The Morgan fingerprint density at radius 2 is 1.03 bits per heavy atom. The summed E-state index contributed by atoms with van der Waals surface area (Å²) in [6.45, 7) is 0. The maximum atomic E-state index is 5.07. The molecule has 1 aliphatic heterocycles. The highest BCUT2D eigenvalue weighted by Gasteiger charge is 2.22. The Morgan fingerprint density at radius 1 is 0.500 bits per heavy atom. The molecule has 0 bridgehead atoms. The van der Waals surface area contributed by atoms with Gasteiger partial charge < -0.3 is 5.32 Å². The first-order valence-corrected chi connectivity index (χ1v) is 12.0. The van der Waals surface area contributed by atoms with Gasteiger partial charge in [-0.2, -0.15) is 0 Å². The minimum absolute atomic E-state index is 0.294. The third kappa shape index (κ3) is 4.57. The first-order chi connectivity index (χ1) is 17.8. The molecule has 0 aliphatic carbocycles. The first-order valence-electron chi connectivity index (χ1n) is 12.0. The zero-order valence-electron chi connectivity index (χ0n) is 19.6. The second-order valence-electron chi connectivity index (χ2n) is 8.64. The molecule has 1 aromatic heterocycles. The van der Waals surface area contributed by atoms with E-state index in [0.717, 1.165) is 44.8 Å². The summed E-state index contributed by atoms with van der Waals surface area (Å²) in [6.07, 6.45) is 3.36. The number of hydrogen-bond donors (Lipinski definition) is 1. The van der Waals surface area contributed by atoms with Crippen LogP contribution in [0.4, 0.5) is 0 Å². The minimum atomic E-state index is -0.294. The van der Waals surface area contributed by atoms with E-state index in [1.54, 1.807) is 0 Å². The second-order valence-corrected chi connectivity index (χ2v) is 8.64. The summed E-state index contributed by atoms with van der Waals surface area (Å²) in [4.78, 5) is 14.2. The van der Waals surface area contributed by atoms with Crippen LogP contribution in [0, 0.1) is 0 Å². The number of aromatic nitrogens is 1. The van der Waals surface area contributed by atoms with Crippen molar-refractivity contribution in [1.29, 1.82) is 0 Å². The lowest BCUT2D eigenvalue weighted by molar-refractivity contribution is 0.674. The molecule has 0 spiro atoms. The highest BCUT2D eigenvalue weighted by atomic mass is 15.2. The van der Waals surface area contributed by atoms with Crippen molar-refractivity contribution in [1.82, 2.24) is 10.3 Å². The van der Waals surface area contributed by atoms with Gasteiger partial charge in [0.2, 0.25) is 0 Å². The zero-order valence-corrected chi connectivity index (χ0v) is 19.6. The van der Waals surface area contributed by atoms with Crippen LogP contribution in [0.15, 0.2) is 144 Å². The van der Waals surface area contributed by atoms with Crippen molar-refractivity contribution in [3.63, 3.8) is 0 Å². The molecule has 0 radical (unpaired) electrons. The van der Waals surface area contributed by atoms with Gasteiger partial charge in [0.1, 0.15) is 12.0 Å². The van der Waals surface area contributed by atoms with Crippen LogP contribution in [0.5, 0.6) is 0 Å². The van der Waals surface area contributed by atoms with Crippen molar-refractivity contribution < 1.29 is 0 Å². The molecule has 5 aromatic rings. The molecule has 6 rings (SSSR count). The van der Waals surface area contributed by atoms with Gasteiger partial charge in [0.25, 0.3) is 0 Å². The summed E-state index contributed by atoms with van der Waals surface area (Å²) in [6, 6.07) is 41.5. The number of pyridine rings is 1. The van der Waals surface area contributed by atoms with Gasteiger partial charge in [0, 0.05) is 23.5 Å². The van der Waals surface area contributed by atoms with E-state index < -0.39 is 0 Å². The molecule has 4 nitrogen and oxygen atoms in total. The summed E-state index contributed by atoms with van der Waals surface area (Å²) >= 11 is 0. The van der Waals surface area contributed by atoms with E-state index in [4.69, 9.17) is 9.98 Å². The quantitative estimate of drug-likeness (QED) is 0.307. The maximum Gasteiger partial charge on any atom is 0.159 e. The lowest BCUT2D eigenvalue weighted by Gasteiger charge is -2.24. The van der Waals surface area contributed by atoms with Crippen molar-refractivity contribution in [2.75, 3.05) is 0 Å². The number of benzene rings is 4. The Kier molecular flexibility index (Phi) is 5.91. The van der Waals surface area contributed by atoms with E-state index in [9.17, 15) is 0 Å². The van der Waals surface area contributed by atoms with Gasteiger partial charge in [-0.3, -0.25) is 4.98 Å². The lowest BCUT2D eigenvalue weighted by atomic mass is 9.95. The van der Waals surface area contributed by atoms with E-state index in [-0.39, 0.29) is 6.17 Å². The number of amidine groups is 2. The average molecular weight is 465 g/mol. The minimum Gasteiger partial charge on any atom is -0.344 e. The van der Waals surface area contributed by atoms with Gasteiger partial charge in [-0.1, -0.05) is 91.0 Å². The molecule has 0 saturated heterocycles. The van der Waals surface area contributed by atoms with Gasteiger partial charge in [0.05, 0.1) is 0 Å². The predicted molar refractivity (Wildman–Crippen MR) is 147 cm³/mol.